The molecule has 1 unspecified atom stereocenters. The van der Waals surface area contributed by atoms with Gasteiger partial charge in [0.25, 0.3) is 0 Å². The minimum absolute atomic E-state index is 0.638. The Morgan fingerprint density at radius 2 is 2.15 bits per heavy atom. The molecule has 1 aliphatic heterocycles. The van der Waals surface area contributed by atoms with E-state index in [1.54, 1.807) is 0 Å². The highest BCUT2D eigenvalue weighted by Crippen LogP contribution is 2.19. The second kappa shape index (κ2) is 6.85. The number of hydrogen-bond donors (Lipinski definition) is 3. The molecule has 1 saturated heterocycles. The van der Waals surface area contributed by atoms with Gasteiger partial charge in [-0.05, 0) is 32.7 Å². The molecule has 0 aromatic carbocycles. The molecule has 2 heterocycles. The maximum atomic E-state index is 5.44. The summed E-state index contributed by atoms with van der Waals surface area (Å²) in [4.78, 5) is 11.3. The molecule has 1 aromatic rings. The van der Waals surface area contributed by atoms with Gasteiger partial charge < -0.3 is 15.6 Å². The van der Waals surface area contributed by atoms with Gasteiger partial charge in [-0.3, -0.25) is 0 Å². The molecule has 2 rings (SSSR count). The smallest absolute Gasteiger partial charge is 0.145 e. The van der Waals surface area contributed by atoms with Crippen LogP contribution in [0.25, 0.3) is 0 Å². The van der Waals surface area contributed by atoms with Crippen molar-refractivity contribution in [3.63, 3.8) is 0 Å². The lowest BCUT2D eigenvalue weighted by Crippen LogP contribution is -2.29. The highest BCUT2D eigenvalue weighted by atomic mass is 15.3. The van der Waals surface area contributed by atoms with E-state index in [1.807, 2.05) is 13.0 Å². The number of hydrazine groups is 1. The third kappa shape index (κ3) is 3.80. The fourth-order valence-electron chi connectivity index (χ4n) is 2.57. The van der Waals surface area contributed by atoms with Crippen molar-refractivity contribution >= 4 is 11.6 Å². The lowest BCUT2D eigenvalue weighted by Gasteiger charge is -2.20. The number of nitrogens with two attached hydrogens (primary N) is 1. The van der Waals surface area contributed by atoms with Gasteiger partial charge >= 0.3 is 0 Å². The summed E-state index contributed by atoms with van der Waals surface area (Å²) in [7, 11) is 0. The quantitative estimate of drug-likeness (QED) is 0.540. The van der Waals surface area contributed by atoms with E-state index >= 15 is 0 Å². The fraction of sp³-hybridized carbons (Fsp3) is 0.714. The molecule has 1 aromatic heterocycles. The van der Waals surface area contributed by atoms with Crippen LogP contribution < -0.4 is 16.6 Å². The van der Waals surface area contributed by atoms with E-state index in [1.165, 1.54) is 19.5 Å². The van der Waals surface area contributed by atoms with Gasteiger partial charge in [-0.1, -0.05) is 6.92 Å². The number of likely N-dealkylation sites (tertiary alicyclic amines) is 1. The Hall–Kier alpha value is -1.40. The number of nitrogen functional groups attached to an aromatic ring is 1. The number of aryl methyl sites for hydroxylation is 1. The molecule has 6 nitrogen and oxygen atoms in total. The predicted octanol–water partition coefficient (Wildman–Crippen LogP) is 1.47. The van der Waals surface area contributed by atoms with Crippen molar-refractivity contribution in [2.75, 3.05) is 30.4 Å². The first-order chi connectivity index (χ1) is 9.62. The molecule has 1 aliphatic rings. The van der Waals surface area contributed by atoms with Crippen LogP contribution in [0.15, 0.2) is 6.07 Å². The Bertz CT molecular complexity index is 411. The van der Waals surface area contributed by atoms with Gasteiger partial charge in [-0.15, -0.1) is 0 Å². The third-order valence-corrected chi connectivity index (χ3v) is 3.86. The zero-order valence-electron chi connectivity index (χ0n) is 12.7. The van der Waals surface area contributed by atoms with Crippen LogP contribution in [0.3, 0.4) is 0 Å². The summed E-state index contributed by atoms with van der Waals surface area (Å²) in [6.45, 7) is 9.87. The summed E-state index contributed by atoms with van der Waals surface area (Å²) in [5.41, 5.74) is 2.59. The zero-order chi connectivity index (χ0) is 14.5. The van der Waals surface area contributed by atoms with Crippen molar-refractivity contribution < 1.29 is 0 Å². The number of rotatable bonds is 6. The van der Waals surface area contributed by atoms with E-state index < -0.39 is 0 Å². The Kier molecular flexibility index (Phi) is 5.14. The molecule has 1 fully saturated rings. The summed E-state index contributed by atoms with van der Waals surface area (Å²) >= 11 is 0. The first-order valence-corrected chi connectivity index (χ1v) is 7.44. The zero-order valence-corrected chi connectivity index (χ0v) is 12.7. The Balaban J connectivity index is 1.91. The topological polar surface area (TPSA) is 79.1 Å². The molecule has 112 valence electrons. The molecule has 0 spiro atoms. The fourth-order valence-corrected chi connectivity index (χ4v) is 2.57. The SMILES string of the molecule is CCc1nc(NN)cc(NCC2CCN(C(C)C)C2)n1. The standard InChI is InChI=1S/C14H26N6/c1-4-12-17-13(7-14(18-12)19-15)16-8-11-5-6-20(9-11)10(2)3/h7,10-11H,4-6,8-9,15H2,1-3H3,(H2,16,17,18,19). The minimum atomic E-state index is 0.638. The summed E-state index contributed by atoms with van der Waals surface area (Å²) in [6.07, 6.45) is 2.05. The predicted molar refractivity (Wildman–Crippen MR) is 82.5 cm³/mol. The maximum Gasteiger partial charge on any atom is 0.145 e. The average molecular weight is 278 g/mol. The Labute approximate surface area is 121 Å². The van der Waals surface area contributed by atoms with E-state index in [4.69, 9.17) is 5.84 Å². The summed E-state index contributed by atoms with van der Waals surface area (Å²) in [5.74, 6) is 8.44. The van der Waals surface area contributed by atoms with Crippen molar-refractivity contribution in [1.29, 1.82) is 0 Å². The molecule has 6 heteroatoms. The Morgan fingerprint density at radius 1 is 1.40 bits per heavy atom. The van der Waals surface area contributed by atoms with Gasteiger partial charge in [0.05, 0.1) is 0 Å². The molecule has 0 bridgehead atoms. The Morgan fingerprint density at radius 3 is 2.75 bits per heavy atom. The van der Waals surface area contributed by atoms with Crippen molar-refractivity contribution in [3.05, 3.63) is 11.9 Å². The first-order valence-electron chi connectivity index (χ1n) is 7.44. The van der Waals surface area contributed by atoms with Crippen LogP contribution in [-0.2, 0) is 6.42 Å². The summed E-state index contributed by atoms with van der Waals surface area (Å²) < 4.78 is 0. The molecule has 0 amide bonds. The monoisotopic (exact) mass is 278 g/mol. The lowest BCUT2D eigenvalue weighted by molar-refractivity contribution is 0.266. The molecule has 0 saturated carbocycles. The van der Waals surface area contributed by atoms with Crippen LogP contribution in [0.1, 0.15) is 33.0 Å². The average Bonchev–Trinajstić information content (AvgIpc) is 2.93. The van der Waals surface area contributed by atoms with Crippen LogP contribution in [-0.4, -0.2) is 40.5 Å². The molecule has 0 aliphatic carbocycles. The van der Waals surface area contributed by atoms with Gasteiger partial charge in [0.15, 0.2) is 0 Å². The molecular weight excluding hydrogens is 252 g/mol. The van der Waals surface area contributed by atoms with Gasteiger partial charge in [-0.2, -0.15) is 0 Å². The molecule has 1 atom stereocenters. The number of aromatic nitrogens is 2. The van der Waals surface area contributed by atoms with Gasteiger partial charge in [0, 0.05) is 31.6 Å². The van der Waals surface area contributed by atoms with Crippen molar-refractivity contribution in [2.45, 2.75) is 39.7 Å². The van der Waals surface area contributed by atoms with Crippen LogP contribution in [0.4, 0.5) is 11.6 Å². The van der Waals surface area contributed by atoms with Crippen LogP contribution in [0.2, 0.25) is 0 Å². The third-order valence-electron chi connectivity index (χ3n) is 3.86. The van der Waals surface area contributed by atoms with E-state index in [0.29, 0.717) is 17.8 Å². The van der Waals surface area contributed by atoms with Crippen molar-refractivity contribution in [2.24, 2.45) is 11.8 Å². The molecule has 20 heavy (non-hydrogen) atoms. The second-order valence-electron chi connectivity index (χ2n) is 5.68. The number of nitrogens with zero attached hydrogens (tertiary/aromatic N) is 3. The van der Waals surface area contributed by atoms with Crippen molar-refractivity contribution in [3.8, 4) is 0 Å². The lowest BCUT2D eigenvalue weighted by atomic mass is 10.1. The van der Waals surface area contributed by atoms with Crippen molar-refractivity contribution in [1.82, 2.24) is 14.9 Å². The molecule has 4 N–H and O–H groups in total. The van der Waals surface area contributed by atoms with Gasteiger partial charge in [0.2, 0.25) is 0 Å². The maximum absolute atomic E-state index is 5.44. The molecule has 0 radical (unpaired) electrons. The number of anilines is 2. The summed E-state index contributed by atoms with van der Waals surface area (Å²) in [5, 5.41) is 3.42. The number of nitrogens with one attached hydrogen (secondary N) is 2. The molecular formula is C14H26N6. The van der Waals surface area contributed by atoms with E-state index in [9.17, 15) is 0 Å². The van der Waals surface area contributed by atoms with E-state index in [0.717, 1.165) is 24.6 Å². The van der Waals surface area contributed by atoms with Crippen LogP contribution >= 0.6 is 0 Å². The number of hydrogen-bond acceptors (Lipinski definition) is 6. The normalized spacial score (nSPS) is 19.6. The first kappa shape index (κ1) is 15.0. The van der Waals surface area contributed by atoms with Gasteiger partial charge in [0.1, 0.15) is 17.5 Å². The highest BCUT2D eigenvalue weighted by Gasteiger charge is 2.23. The highest BCUT2D eigenvalue weighted by molar-refractivity contribution is 5.46. The van der Waals surface area contributed by atoms with E-state index in [2.05, 4.69) is 39.5 Å². The van der Waals surface area contributed by atoms with Gasteiger partial charge in [-0.25, -0.2) is 15.8 Å². The largest absolute Gasteiger partial charge is 0.370 e. The van der Waals surface area contributed by atoms with E-state index in [-0.39, 0.29) is 0 Å². The summed E-state index contributed by atoms with van der Waals surface area (Å²) in [6, 6.07) is 2.49. The second-order valence-corrected chi connectivity index (χ2v) is 5.68. The van der Waals surface area contributed by atoms with Crippen LogP contribution in [0.5, 0.6) is 0 Å². The van der Waals surface area contributed by atoms with Crippen LogP contribution in [0, 0.1) is 5.92 Å². The minimum Gasteiger partial charge on any atom is -0.370 e.